The number of ether oxygens (including phenoxy) is 1. The minimum Gasteiger partial charge on any atom is -0.495 e. The van der Waals surface area contributed by atoms with Crippen LogP contribution in [0.25, 0.3) is 10.8 Å². The molecule has 0 amide bonds. The predicted molar refractivity (Wildman–Crippen MR) is 122 cm³/mol. The lowest BCUT2D eigenvalue weighted by Gasteiger charge is -2.38. The van der Waals surface area contributed by atoms with Crippen molar-refractivity contribution in [2.24, 2.45) is 0 Å². The van der Waals surface area contributed by atoms with Crippen LogP contribution in [0.3, 0.4) is 0 Å². The molecule has 0 unspecified atom stereocenters. The fourth-order valence-electron chi connectivity index (χ4n) is 4.07. The molecule has 0 aromatic heterocycles. The molecule has 0 spiro atoms. The molecular weight excluding hydrogens is 398 g/mol. The van der Waals surface area contributed by atoms with Crippen LogP contribution in [0.4, 0.5) is 11.4 Å². The molecule has 0 aliphatic carbocycles. The molecule has 1 saturated heterocycles. The second-order valence-electron chi connectivity index (χ2n) is 7.87. The second-order valence-corrected chi connectivity index (χ2v) is 9.56. The highest BCUT2D eigenvalue weighted by Gasteiger charge is 2.24. The van der Waals surface area contributed by atoms with Crippen LogP contribution in [0.1, 0.15) is 13.8 Å². The van der Waals surface area contributed by atoms with Crippen LogP contribution in [0, 0.1) is 0 Å². The number of anilines is 2. The van der Waals surface area contributed by atoms with Crippen molar-refractivity contribution in [3.05, 3.63) is 60.7 Å². The molecule has 1 heterocycles. The van der Waals surface area contributed by atoms with E-state index in [1.165, 1.54) is 0 Å². The third-order valence-corrected chi connectivity index (χ3v) is 6.74. The molecule has 3 aromatic carbocycles. The summed E-state index contributed by atoms with van der Waals surface area (Å²) in [5.41, 5.74) is 1.40. The van der Waals surface area contributed by atoms with E-state index in [4.69, 9.17) is 4.74 Å². The zero-order valence-corrected chi connectivity index (χ0v) is 18.2. The monoisotopic (exact) mass is 425 g/mol. The Bertz CT molecular complexity index is 1150. The van der Waals surface area contributed by atoms with E-state index in [-0.39, 0.29) is 4.90 Å². The Morgan fingerprint density at radius 2 is 1.67 bits per heavy atom. The minimum absolute atomic E-state index is 0.239. The summed E-state index contributed by atoms with van der Waals surface area (Å²) in [4.78, 5) is 2.47. The fraction of sp³-hybridized carbons (Fsp3) is 0.304. The smallest absolute Gasteiger partial charge is 0.261 e. The summed E-state index contributed by atoms with van der Waals surface area (Å²) in [6, 6.07) is 18.9. The van der Waals surface area contributed by atoms with Crippen LogP contribution in [0.15, 0.2) is 65.6 Å². The van der Waals surface area contributed by atoms with Crippen molar-refractivity contribution in [2.75, 3.05) is 29.8 Å². The maximum Gasteiger partial charge on any atom is 0.261 e. The molecule has 1 aliphatic rings. The van der Waals surface area contributed by atoms with E-state index in [0.717, 1.165) is 35.3 Å². The third-order valence-electron chi connectivity index (χ3n) is 5.36. The number of sulfonamides is 1. The van der Waals surface area contributed by atoms with Crippen LogP contribution in [-0.4, -0.2) is 40.7 Å². The van der Waals surface area contributed by atoms with Crippen molar-refractivity contribution in [3.63, 3.8) is 0 Å². The van der Waals surface area contributed by atoms with Crippen molar-refractivity contribution in [1.82, 2.24) is 5.32 Å². The van der Waals surface area contributed by atoms with Crippen molar-refractivity contribution < 1.29 is 13.2 Å². The van der Waals surface area contributed by atoms with E-state index >= 15 is 0 Å². The second kappa shape index (κ2) is 8.16. The molecular formula is C23H27N3O3S. The van der Waals surface area contributed by atoms with E-state index in [9.17, 15) is 8.42 Å². The Hall–Kier alpha value is -2.77. The highest BCUT2D eigenvalue weighted by molar-refractivity contribution is 7.92. The number of hydrogen-bond acceptors (Lipinski definition) is 5. The quantitative estimate of drug-likeness (QED) is 0.650. The summed E-state index contributed by atoms with van der Waals surface area (Å²) in [7, 11) is -2.08. The lowest BCUT2D eigenvalue weighted by molar-refractivity contribution is 0.391. The first-order chi connectivity index (χ1) is 14.4. The van der Waals surface area contributed by atoms with E-state index in [1.807, 2.05) is 42.5 Å². The zero-order valence-electron chi connectivity index (χ0n) is 17.4. The number of rotatable bonds is 5. The van der Waals surface area contributed by atoms with Crippen molar-refractivity contribution in [2.45, 2.75) is 30.8 Å². The first kappa shape index (κ1) is 20.5. The minimum atomic E-state index is -3.72. The maximum absolute atomic E-state index is 13.0. The van der Waals surface area contributed by atoms with Gasteiger partial charge in [0.05, 0.1) is 23.4 Å². The molecule has 2 N–H and O–H groups in total. The first-order valence-electron chi connectivity index (χ1n) is 10.1. The van der Waals surface area contributed by atoms with E-state index < -0.39 is 10.0 Å². The van der Waals surface area contributed by atoms with Gasteiger partial charge in [-0.1, -0.05) is 30.3 Å². The molecule has 30 heavy (non-hydrogen) atoms. The molecule has 1 aliphatic heterocycles. The molecule has 0 saturated carbocycles. The number of nitrogens with one attached hydrogen (secondary N) is 2. The molecule has 2 atom stereocenters. The lowest BCUT2D eigenvalue weighted by atomic mass is 10.1. The summed E-state index contributed by atoms with van der Waals surface area (Å²) in [6.45, 7) is 5.92. The Morgan fingerprint density at radius 1 is 0.967 bits per heavy atom. The van der Waals surface area contributed by atoms with E-state index in [0.29, 0.717) is 17.8 Å². The van der Waals surface area contributed by atoms with Gasteiger partial charge in [0.2, 0.25) is 0 Å². The van der Waals surface area contributed by atoms with E-state index in [2.05, 4.69) is 28.8 Å². The SMILES string of the molecule is COc1ccc(NS(=O)(=O)c2ccc3ccccc3c2)cc1N1C[C@@H](C)N[C@@H](C)C1. The number of methoxy groups -OCH3 is 1. The summed E-state index contributed by atoms with van der Waals surface area (Å²) < 4.78 is 34.3. The Kier molecular flexibility index (Phi) is 5.58. The van der Waals surface area contributed by atoms with Crippen molar-refractivity contribution >= 4 is 32.2 Å². The van der Waals surface area contributed by atoms with Gasteiger partial charge in [0.25, 0.3) is 10.0 Å². The van der Waals surface area contributed by atoms with Gasteiger partial charge in [0, 0.05) is 25.2 Å². The van der Waals surface area contributed by atoms with Gasteiger partial charge in [0.15, 0.2) is 0 Å². The Balaban J connectivity index is 1.65. The molecule has 7 heteroatoms. The van der Waals surface area contributed by atoms with Gasteiger partial charge < -0.3 is 15.0 Å². The number of piperazine rings is 1. The summed E-state index contributed by atoms with van der Waals surface area (Å²) >= 11 is 0. The summed E-state index contributed by atoms with van der Waals surface area (Å²) in [5.74, 6) is 0.727. The van der Waals surface area contributed by atoms with Crippen LogP contribution in [-0.2, 0) is 10.0 Å². The lowest BCUT2D eigenvalue weighted by Crippen LogP contribution is -2.54. The first-order valence-corrected chi connectivity index (χ1v) is 11.5. The van der Waals surface area contributed by atoms with Gasteiger partial charge in [-0.05, 0) is 55.0 Å². The molecule has 158 valence electrons. The predicted octanol–water partition coefficient (Wildman–Crippen LogP) is 3.84. The number of hydrogen-bond donors (Lipinski definition) is 2. The molecule has 0 bridgehead atoms. The highest BCUT2D eigenvalue weighted by atomic mass is 32.2. The largest absolute Gasteiger partial charge is 0.495 e. The number of fused-ring (bicyclic) bond motifs is 1. The fourth-order valence-corrected chi connectivity index (χ4v) is 5.16. The molecule has 3 aromatic rings. The standard InChI is InChI=1S/C23H27N3O3S/c1-16-14-26(15-17(2)24-16)22-13-20(9-11-23(22)29-3)25-30(27,28)21-10-8-18-6-4-5-7-19(18)12-21/h4-13,16-17,24-25H,14-15H2,1-3H3/t16-,17+. The van der Waals surface area contributed by atoms with Crippen LogP contribution in [0.5, 0.6) is 5.75 Å². The number of benzene rings is 3. The molecule has 4 rings (SSSR count). The summed E-state index contributed by atoms with van der Waals surface area (Å²) in [6.07, 6.45) is 0. The topological polar surface area (TPSA) is 70.7 Å². The van der Waals surface area contributed by atoms with Gasteiger partial charge in [-0.15, -0.1) is 0 Å². The van der Waals surface area contributed by atoms with Crippen molar-refractivity contribution in [3.8, 4) is 5.75 Å². The van der Waals surface area contributed by atoms with Crippen LogP contribution in [0.2, 0.25) is 0 Å². The molecule has 0 radical (unpaired) electrons. The Labute approximate surface area is 177 Å². The van der Waals surface area contributed by atoms with Crippen LogP contribution < -0.4 is 19.7 Å². The van der Waals surface area contributed by atoms with Crippen molar-refractivity contribution in [1.29, 1.82) is 0 Å². The van der Waals surface area contributed by atoms with Crippen LogP contribution >= 0.6 is 0 Å². The zero-order chi connectivity index (χ0) is 21.3. The number of nitrogens with zero attached hydrogens (tertiary/aromatic N) is 1. The van der Waals surface area contributed by atoms with Gasteiger partial charge in [-0.3, -0.25) is 4.72 Å². The average Bonchev–Trinajstić information content (AvgIpc) is 2.72. The molecule has 6 nitrogen and oxygen atoms in total. The van der Waals surface area contributed by atoms with Gasteiger partial charge in [-0.25, -0.2) is 8.42 Å². The van der Waals surface area contributed by atoms with E-state index in [1.54, 1.807) is 25.3 Å². The maximum atomic E-state index is 13.0. The highest BCUT2D eigenvalue weighted by Crippen LogP contribution is 2.33. The average molecular weight is 426 g/mol. The Morgan fingerprint density at radius 3 is 2.37 bits per heavy atom. The van der Waals surface area contributed by atoms with Gasteiger partial charge >= 0.3 is 0 Å². The normalized spacial score (nSPS) is 19.6. The van der Waals surface area contributed by atoms with Gasteiger partial charge in [0.1, 0.15) is 5.75 Å². The molecule has 1 fully saturated rings. The third kappa shape index (κ3) is 4.22. The summed E-state index contributed by atoms with van der Waals surface area (Å²) in [5, 5.41) is 5.40. The van der Waals surface area contributed by atoms with Gasteiger partial charge in [-0.2, -0.15) is 0 Å².